The molecule has 1 aromatic carbocycles. The quantitative estimate of drug-likeness (QED) is 0.161. The summed E-state index contributed by atoms with van der Waals surface area (Å²) in [6.45, 7) is 13.1. The lowest BCUT2D eigenvalue weighted by Crippen LogP contribution is -2.58. The van der Waals surface area contributed by atoms with Crippen molar-refractivity contribution in [3.8, 4) is 0 Å². The number of benzene rings is 1. The second-order valence-corrected chi connectivity index (χ2v) is 16.3. The number of aliphatic hydroxyl groups excluding tert-OH is 1. The SMILES string of the molecule is CCC[C@H](NC(=O)[C@H]1CCCCN1C(=O)OC(C)(C)C)C(=O)N(C)[C@H](C[C@@H](O)c1nc(C(=O)N[C@@H](Cc2ccccc2)C[C@H](C)C(=O)O)cs1)C(C)C. The molecule has 0 unspecified atom stereocenters. The molecule has 3 rings (SSSR count). The molecule has 1 aromatic heterocycles. The second-order valence-electron chi connectivity index (χ2n) is 15.5. The van der Waals surface area contributed by atoms with Crippen LogP contribution in [0.25, 0.3) is 0 Å². The molecule has 14 heteroatoms. The Balaban J connectivity index is 1.70. The first kappa shape index (κ1) is 43.4. The molecule has 2 heterocycles. The van der Waals surface area contributed by atoms with Gasteiger partial charge in [-0.3, -0.25) is 24.1 Å². The number of carbonyl (C=O) groups excluding carboxylic acids is 4. The summed E-state index contributed by atoms with van der Waals surface area (Å²) in [5.41, 5.74) is 0.362. The number of carbonyl (C=O) groups is 5. The van der Waals surface area contributed by atoms with Crippen LogP contribution in [0.15, 0.2) is 35.7 Å². The van der Waals surface area contributed by atoms with Gasteiger partial charge in [0.1, 0.15) is 34.5 Å². The van der Waals surface area contributed by atoms with Crippen molar-refractivity contribution in [1.29, 1.82) is 0 Å². The maximum atomic E-state index is 14.0. The maximum Gasteiger partial charge on any atom is 0.410 e. The van der Waals surface area contributed by atoms with Gasteiger partial charge in [0.25, 0.3) is 5.91 Å². The molecule has 0 aliphatic carbocycles. The molecule has 13 nitrogen and oxygen atoms in total. The summed E-state index contributed by atoms with van der Waals surface area (Å²) in [6, 6.07) is 7.04. The lowest BCUT2D eigenvalue weighted by Gasteiger charge is -2.38. The fourth-order valence-electron chi connectivity index (χ4n) is 6.60. The molecule has 1 fully saturated rings. The molecular weight excluding hydrogens is 699 g/mol. The maximum absolute atomic E-state index is 14.0. The Morgan fingerprint density at radius 2 is 1.74 bits per heavy atom. The highest BCUT2D eigenvalue weighted by atomic mass is 32.1. The van der Waals surface area contributed by atoms with Crippen LogP contribution in [-0.2, 0) is 25.5 Å². The molecule has 0 saturated carbocycles. The molecule has 53 heavy (non-hydrogen) atoms. The van der Waals surface area contributed by atoms with Gasteiger partial charge in [-0.25, -0.2) is 9.78 Å². The number of ether oxygens (including phenoxy) is 1. The number of piperidine rings is 1. The highest BCUT2D eigenvalue weighted by Gasteiger charge is 2.38. The third-order valence-electron chi connectivity index (χ3n) is 9.46. The van der Waals surface area contributed by atoms with Crippen molar-refractivity contribution in [2.45, 2.75) is 136 Å². The van der Waals surface area contributed by atoms with Crippen molar-refractivity contribution in [2.24, 2.45) is 11.8 Å². The van der Waals surface area contributed by atoms with Gasteiger partial charge in [-0.05, 0) is 70.8 Å². The number of aromatic nitrogens is 1. The summed E-state index contributed by atoms with van der Waals surface area (Å²) in [5.74, 6) is -2.85. The summed E-state index contributed by atoms with van der Waals surface area (Å²) >= 11 is 1.14. The van der Waals surface area contributed by atoms with E-state index in [0.717, 1.165) is 29.7 Å². The molecule has 0 radical (unpaired) electrons. The lowest BCUT2D eigenvalue weighted by molar-refractivity contribution is -0.141. The predicted octanol–water partition coefficient (Wildman–Crippen LogP) is 5.58. The molecule has 0 bridgehead atoms. The lowest BCUT2D eigenvalue weighted by atomic mass is 9.95. The molecule has 1 saturated heterocycles. The summed E-state index contributed by atoms with van der Waals surface area (Å²) in [5, 5.41) is 28.6. The standard InChI is InChI=1S/C39H59N5O8S/c1-9-15-28(41-34(47)30-18-13-14-19-44(30)38(51)52-39(5,6)7)36(48)43(8)31(24(2)3)22-32(45)35-42-29(23-53-35)33(46)40-27(20-25(4)37(49)50)21-26-16-11-10-12-17-26/h10-12,16-17,23-25,27-28,30-32,45H,9,13-15,18-22H2,1-8H3,(H,40,46)(H,41,47)(H,49,50)/t25-,27+,28-,30+,31+,32+/m0/s1. The zero-order chi connectivity index (χ0) is 39.5. The van der Waals surface area contributed by atoms with E-state index in [1.165, 1.54) is 4.90 Å². The van der Waals surface area contributed by atoms with Crippen LogP contribution in [0.2, 0.25) is 0 Å². The first-order valence-electron chi connectivity index (χ1n) is 18.7. The average Bonchev–Trinajstić information content (AvgIpc) is 3.60. The number of hydrogen-bond acceptors (Lipinski definition) is 9. The first-order valence-corrected chi connectivity index (χ1v) is 19.6. The van der Waals surface area contributed by atoms with Gasteiger partial charge in [0.05, 0.1) is 5.92 Å². The van der Waals surface area contributed by atoms with E-state index in [-0.39, 0.29) is 30.4 Å². The van der Waals surface area contributed by atoms with Crippen LogP contribution in [-0.4, -0.2) is 98.1 Å². The van der Waals surface area contributed by atoms with Gasteiger partial charge in [0.15, 0.2) is 0 Å². The zero-order valence-electron chi connectivity index (χ0n) is 32.5. The van der Waals surface area contributed by atoms with Crippen molar-refractivity contribution in [1.82, 2.24) is 25.4 Å². The Bertz CT molecular complexity index is 1530. The minimum absolute atomic E-state index is 0.0738. The Morgan fingerprint density at radius 3 is 2.34 bits per heavy atom. The number of likely N-dealkylation sites (N-methyl/N-ethyl adjacent to an activating group) is 1. The number of aliphatic hydroxyl groups is 1. The number of likely N-dealkylation sites (tertiary alicyclic amines) is 1. The minimum Gasteiger partial charge on any atom is -0.481 e. The third-order valence-corrected chi connectivity index (χ3v) is 10.4. The van der Waals surface area contributed by atoms with Gasteiger partial charge in [-0.15, -0.1) is 11.3 Å². The van der Waals surface area contributed by atoms with E-state index in [4.69, 9.17) is 4.74 Å². The van der Waals surface area contributed by atoms with Crippen LogP contribution in [0.1, 0.15) is 121 Å². The van der Waals surface area contributed by atoms with E-state index >= 15 is 0 Å². The number of aliphatic carboxylic acids is 1. The first-order chi connectivity index (χ1) is 24.9. The highest BCUT2D eigenvalue weighted by Crippen LogP contribution is 2.28. The molecule has 6 atom stereocenters. The van der Waals surface area contributed by atoms with Crippen LogP contribution in [0.4, 0.5) is 4.79 Å². The number of carboxylic acids is 1. The van der Waals surface area contributed by atoms with E-state index < -0.39 is 65.7 Å². The number of carboxylic acid groups (broad SMARTS) is 1. The van der Waals surface area contributed by atoms with Crippen molar-refractivity contribution in [3.05, 3.63) is 52.0 Å². The predicted molar refractivity (Wildman–Crippen MR) is 203 cm³/mol. The van der Waals surface area contributed by atoms with E-state index in [9.17, 15) is 34.2 Å². The molecule has 4 N–H and O–H groups in total. The summed E-state index contributed by atoms with van der Waals surface area (Å²) in [7, 11) is 1.66. The second kappa shape index (κ2) is 19.9. The number of nitrogens with one attached hydrogen (secondary N) is 2. The highest BCUT2D eigenvalue weighted by molar-refractivity contribution is 7.09. The monoisotopic (exact) mass is 757 g/mol. The Hall–Kier alpha value is -4.04. The topological polar surface area (TPSA) is 178 Å². The van der Waals surface area contributed by atoms with Gasteiger partial charge < -0.3 is 30.5 Å². The molecule has 4 amide bonds. The molecule has 1 aliphatic rings. The van der Waals surface area contributed by atoms with Gasteiger partial charge >= 0.3 is 12.1 Å². The van der Waals surface area contributed by atoms with Crippen molar-refractivity contribution < 1.29 is 38.9 Å². The summed E-state index contributed by atoms with van der Waals surface area (Å²) < 4.78 is 5.56. The van der Waals surface area contributed by atoms with Crippen LogP contribution < -0.4 is 10.6 Å². The smallest absolute Gasteiger partial charge is 0.410 e. The fraction of sp³-hybridized carbons (Fsp3) is 0.641. The third kappa shape index (κ3) is 13.1. The number of amides is 4. The Labute approximate surface area is 317 Å². The Morgan fingerprint density at radius 1 is 1.06 bits per heavy atom. The fourth-order valence-corrected chi connectivity index (χ4v) is 7.39. The van der Waals surface area contributed by atoms with Crippen molar-refractivity contribution >= 4 is 41.1 Å². The van der Waals surface area contributed by atoms with Crippen LogP contribution in [0, 0.1) is 11.8 Å². The summed E-state index contributed by atoms with van der Waals surface area (Å²) in [4.78, 5) is 72.9. The van der Waals surface area contributed by atoms with E-state index in [1.807, 2.05) is 51.1 Å². The van der Waals surface area contributed by atoms with Crippen LogP contribution in [0.3, 0.4) is 0 Å². The van der Waals surface area contributed by atoms with Crippen molar-refractivity contribution in [2.75, 3.05) is 13.6 Å². The normalized spacial score (nSPS) is 17.6. The zero-order valence-corrected chi connectivity index (χ0v) is 33.3. The molecule has 1 aliphatic heterocycles. The number of hydrogen-bond donors (Lipinski definition) is 4. The minimum atomic E-state index is -1.08. The summed E-state index contributed by atoms with van der Waals surface area (Å²) in [6.07, 6.45) is 2.21. The van der Waals surface area contributed by atoms with E-state index in [1.54, 1.807) is 45.0 Å². The van der Waals surface area contributed by atoms with Crippen molar-refractivity contribution in [3.63, 3.8) is 0 Å². The molecule has 0 spiro atoms. The van der Waals surface area contributed by atoms with E-state index in [2.05, 4.69) is 15.6 Å². The number of nitrogens with zero attached hydrogens (tertiary/aromatic N) is 3. The van der Waals surface area contributed by atoms with Gasteiger partial charge in [0, 0.05) is 37.5 Å². The van der Waals surface area contributed by atoms with Gasteiger partial charge in [-0.2, -0.15) is 0 Å². The average molecular weight is 758 g/mol. The molecule has 294 valence electrons. The number of rotatable bonds is 17. The van der Waals surface area contributed by atoms with Gasteiger partial charge in [-0.1, -0.05) is 64.4 Å². The van der Waals surface area contributed by atoms with Crippen LogP contribution in [0.5, 0.6) is 0 Å². The number of thiazole rings is 1. The Kier molecular flexibility index (Phi) is 16.3. The largest absolute Gasteiger partial charge is 0.481 e. The van der Waals surface area contributed by atoms with Crippen LogP contribution >= 0.6 is 11.3 Å². The molecular formula is C39H59N5O8S. The molecule has 2 aromatic rings. The van der Waals surface area contributed by atoms with Gasteiger partial charge in [0.2, 0.25) is 11.8 Å². The van der Waals surface area contributed by atoms with E-state index in [0.29, 0.717) is 37.2 Å².